The second-order valence-electron chi connectivity index (χ2n) is 4.74. The minimum atomic E-state index is -0.131. The molecule has 0 aliphatic carbocycles. The highest BCUT2D eigenvalue weighted by molar-refractivity contribution is 6.30. The zero-order chi connectivity index (χ0) is 13.8. The van der Waals surface area contributed by atoms with Crippen molar-refractivity contribution >= 4 is 23.2 Å². The molecule has 0 saturated carbocycles. The predicted molar refractivity (Wildman–Crippen MR) is 79.9 cm³/mol. The van der Waals surface area contributed by atoms with E-state index in [2.05, 4.69) is 19.2 Å². The molecule has 0 saturated heterocycles. The second-order valence-corrected chi connectivity index (χ2v) is 5.17. The van der Waals surface area contributed by atoms with Crippen molar-refractivity contribution < 1.29 is 4.79 Å². The summed E-state index contributed by atoms with van der Waals surface area (Å²) < 4.78 is 0. The average Bonchev–Trinajstić information content (AvgIpc) is 2.40. The lowest BCUT2D eigenvalue weighted by Crippen LogP contribution is -2.11. The Bertz CT molecular complexity index is 558. The maximum Gasteiger partial charge on any atom is 0.255 e. The van der Waals surface area contributed by atoms with Gasteiger partial charge in [0.25, 0.3) is 5.91 Å². The number of nitrogens with one attached hydrogen (secondary N) is 1. The van der Waals surface area contributed by atoms with Crippen molar-refractivity contribution in [2.24, 2.45) is 0 Å². The molecular weight excluding hydrogens is 258 g/mol. The van der Waals surface area contributed by atoms with Crippen LogP contribution in [0.1, 0.15) is 35.7 Å². The fraction of sp³-hybridized carbons (Fsp3) is 0.188. The lowest BCUT2D eigenvalue weighted by Gasteiger charge is -2.08. The van der Waals surface area contributed by atoms with Gasteiger partial charge in [0.05, 0.1) is 0 Å². The van der Waals surface area contributed by atoms with Crippen LogP contribution in [0.4, 0.5) is 5.69 Å². The number of hydrogen-bond acceptors (Lipinski definition) is 1. The Hall–Kier alpha value is -1.80. The van der Waals surface area contributed by atoms with Gasteiger partial charge in [-0.05, 0) is 47.9 Å². The third-order valence-corrected chi connectivity index (χ3v) is 3.19. The van der Waals surface area contributed by atoms with Crippen molar-refractivity contribution in [1.82, 2.24) is 0 Å². The monoisotopic (exact) mass is 273 g/mol. The van der Waals surface area contributed by atoms with Crippen LogP contribution in [-0.2, 0) is 0 Å². The normalized spacial score (nSPS) is 10.5. The lowest BCUT2D eigenvalue weighted by atomic mass is 10.0. The molecule has 2 aromatic rings. The summed E-state index contributed by atoms with van der Waals surface area (Å²) in [5.74, 6) is 0.356. The molecule has 0 radical (unpaired) electrons. The Morgan fingerprint density at radius 3 is 2.11 bits per heavy atom. The summed E-state index contributed by atoms with van der Waals surface area (Å²) in [6, 6.07) is 14.7. The number of carbonyl (C=O) groups is 1. The average molecular weight is 274 g/mol. The van der Waals surface area contributed by atoms with Gasteiger partial charge < -0.3 is 5.32 Å². The fourth-order valence-corrected chi connectivity index (χ4v) is 1.88. The molecule has 1 amide bonds. The second kappa shape index (κ2) is 5.89. The molecule has 0 fully saturated rings. The van der Waals surface area contributed by atoms with Gasteiger partial charge in [-0.15, -0.1) is 0 Å². The maximum absolute atomic E-state index is 12.0. The van der Waals surface area contributed by atoms with Crippen LogP contribution in [0.5, 0.6) is 0 Å². The van der Waals surface area contributed by atoms with Gasteiger partial charge in [-0.2, -0.15) is 0 Å². The molecule has 1 N–H and O–H groups in total. The summed E-state index contributed by atoms with van der Waals surface area (Å²) >= 11 is 5.79. The predicted octanol–water partition coefficient (Wildman–Crippen LogP) is 4.72. The summed E-state index contributed by atoms with van der Waals surface area (Å²) in [5.41, 5.74) is 2.64. The Morgan fingerprint density at radius 1 is 1.00 bits per heavy atom. The first-order chi connectivity index (χ1) is 9.06. The fourth-order valence-electron chi connectivity index (χ4n) is 1.76. The van der Waals surface area contributed by atoms with Gasteiger partial charge in [0.2, 0.25) is 0 Å². The van der Waals surface area contributed by atoms with Crippen LogP contribution in [0.2, 0.25) is 5.02 Å². The number of amides is 1. The summed E-state index contributed by atoms with van der Waals surface area (Å²) in [7, 11) is 0. The van der Waals surface area contributed by atoms with E-state index in [1.165, 1.54) is 5.56 Å². The first-order valence-corrected chi connectivity index (χ1v) is 6.61. The van der Waals surface area contributed by atoms with E-state index < -0.39 is 0 Å². The SMILES string of the molecule is CC(C)c1ccc(NC(=O)c2ccc(Cl)cc2)cc1. The van der Waals surface area contributed by atoms with E-state index in [1.54, 1.807) is 24.3 Å². The van der Waals surface area contributed by atoms with E-state index >= 15 is 0 Å². The van der Waals surface area contributed by atoms with Crippen LogP contribution < -0.4 is 5.32 Å². The van der Waals surface area contributed by atoms with E-state index in [1.807, 2.05) is 24.3 Å². The largest absolute Gasteiger partial charge is 0.322 e. The molecule has 3 heteroatoms. The van der Waals surface area contributed by atoms with Crippen molar-refractivity contribution in [3.63, 3.8) is 0 Å². The highest BCUT2D eigenvalue weighted by Gasteiger charge is 2.06. The van der Waals surface area contributed by atoms with Crippen LogP contribution >= 0.6 is 11.6 Å². The lowest BCUT2D eigenvalue weighted by molar-refractivity contribution is 0.102. The third kappa shape index (κ3) is 3.58. The molecule has 0 aliphatic rings. The summed E-state index contributed by atoms with van der Waals surface area (Å²) in [6.07, 6.45) is 0. The summed E-state index contributed by atoms with van der Waals surface area (Å²) in [4.78, 5) is 12.0. The standard InChI is InChI=1S/C16H16ClNO/c1-11(2)12-5-9-15(10-6-12)18-16(19)13-3-7-14(17)8-4-13/h3-11H,1-2H3,(H,18,19). The Morgan fingerprint density at radius 2 is 1.58 bits per heavy atom. The molecule has 0 aliphatic heterocycles. The van der Waals surface area contributed by atoms with E-state index in [4.69, 9.17) is 11.6 Å². The van der Waals surface area contributed by atoms with Crippen LogP contribution in [-0.4, -0.2) is 5.91 Å². The smallest absolute Gasteiger partial charge is 0.255 e. The third-order valence-electron chi connectivity index (χ3n) is 2.94. The van der Waals surface area contributed by atoms with Crippen LogP contribution in [0, 0.1) is 0 Å². The number of benzene rings is 2. The molecule has 0 atom stereocenters. The van der Waals surface area contributed by atoms with Gasteiger partial charge in [0, 0.05) is 16.3 Å². The Balaban J connectivity index is 2.08. The molecule has 0 spiro atoms. The first-order valence-electron chi connectivity index (χ1n) is 6.23. The zero-order valence-corrected chi connectivity index (χ0v) is 11.7. The topological polar surface area (TPSA) is 29.1 Å². The van der Waals surface area contributed by atoms with E-state index in [-0.39, 0.29) is 5.91 Å². The van der Waals surface area contributed by atoms with Crippen LogP contribution in [0.15, 0.2) is 48.5 Å². The van der Waals surface area contributed by atoms with Gasteiger partial charge in [-0.1, -0.05) is 37.6 Å². The molecule has 0 aromatic heterocycles. The van der Waals surface area contributed by atoms with Crippen molar-refractivity contribution in [3.05, 3.63) is 64.7 Å². The number of carbonyl (C=O) groups excluding carboxylic acids is 1. The number of rotatable bonds is 3. The van der Waals surface area contributed by atoms with E-state index in [9.17, 15) is 4.79 Å². The van der Waals surface area contributed by atoms with Gasteiger partial charge in [0.15, 0.2) is 0 Å². The molecule has 2 aromatic carbocycles. The van der Waals surface area contributed by atoms with Crippen molar-refractivity contribution in [2.45, 2.75) is 19.8 Å². The summed E-state index contributed by atoms with van der Waals surface area (Å²) in [6.45, 7) is 4.28. The maximum atomic E-state index is 12.0. The molecule has 19 heavy (non-hydrogen) atoms. The zero-order valence-electron chi connectivity index (χ0n) is 11.0. The molecule has 0 heterocycles. The van der Waals surface area contributed by atoms with Crippen LogP contribution in [0.25, 0.3) is 0 Å². The Labute approximate surface area is 118 Å². The number of anilines is 1. The van der Waals surface area contributed by atoms with E-state index in [0.717, 1.165) is 5.69 Å². The van der Waals surface area contributed by atoms with Crippen molar-refractivity contribution in [1.29, 1.82) is 0 Å². The highest BCUT2D eigenvalue weighted by atomic mass is 35.5. The highest BCUT2D eigenvalue weighted by Crippen LogP contribution is 2.18. The van der Waals surface area contributed by atoms with Crippen molar-refractivity contribution in [2.75, 3.05) is 5.32 Å². The molecule has 98 valence electrons. The minimum absolute atomic E-state index is 0.131. The van der Waals surface area contributed by atoms with E-state index in [0.29, 0.717) is 16.5 Å². The molecule has 0 bridgehead atoms. The first kappa shape index (κ1) is 13.6. The number of hydrogen-bond donors (Lipinski definition) is 1. The van der Waals surface area contributed by atoms with Gasteiger partial charge >= 0.3 is 0 Å². The number of halogens is 1. The van der Waals surface area contributed by atoms with Gasteiger partial charge in [-0.3, -0.25) is 4.79 Å². The van der Waals surface area contributed by atoms with Gasteiger partial charge in [-0.25, -0.2) is 0 Å². The minimum Gasteiger partial charge on any atom is -0.322 e. The van der Waals surface area contributed by atoms with Gasteiger partial charge in [0.1, 0.15) is 0 Å². The molecule has 2 nitrogen and oxygen atoms in total. The molecule has 2 rings (SSSR count). The molecule has 0 unspecified atom stereocenters. The Kier molecular flexibility index (Phi) is 4.23. The summed E-state index contributed by atoms with van der Waals surface area (Å²) in [5, 5.41) is 3.48. The quantitative estimate of drug-likeness (QED) is 0.862. The van der Waals surface area contributed by atoms with Crippen molar-refractivity contribution in [3.8, 4) is 0 Å². The van der Waals surface area contributed by atoms with Crippen LogP contribution in [0.3, 0.4) is 0 Å². The molecular formula is C16H16ClNO.